The van der Waals surface area contributed by atoms with Crippen molar-refractivity contribution in [1.82, 2.24) is 15.5 Å². The average Bonchev–Trinajstić information content (AvgIpc) is 2.81. The second-order valence-electron chi connectivity index (χ2n) is 7.43. The molecule has 1 heterocycles. The van der Waals surface area contributed by atoms with Gasteiger partial charge in [-0.1, -0.05) is 31.9 Å². The highest BCUT2D eigenvalue weighted by Gasteiger charge is 2.34. The predicted molar refractivity (Wildman–Crippen MR) is 127 cm³/mol. The Morgan fingerprint density at radius 2 is 1.97 bits per heavy atom. The van der Waals surface area contributed by atoms with E-state index < -0.39 is 17.9 Å². The van der Waals surface area contributed by atoms with Gasteiger partial charge in [-0.2, -0.15) is 0 Å². The molecule has 33 heavy (non-hydrogen) atoms. The van der Waals surface area contributed by atoms with Crippen LogP contribution in [0.25, 0.3) is 0 Å². The van der Waals surface area contributed by atoms with E-state index in [1.165, 1.54) is 0 Å². The number of hydrogen-bond acceptors (Lipinski definition) is 7. The van der Waals surface area contributed by atoms with Gasteiger partial charge in [0.1, 0.15) is 18.4 Å². The van der Waals surface area contributed by atoms with E-state index >= 15 is 0 Å². The van der Waals surface area contributed by atoms with Crippen LogP contribution in [0.3, 0.4) is 0 Å². The van der Waals surface area contributed by atoms with Crippen molar-refractivity contribution in [2.75, 3.05) is 39.5 Å². The summed E-state index contributed by atoms with van der Waals surface area (Å²) < 4.78 is 16.0. The molecule has 2 amide bonds. The minimum atomic E-state index is -0.869. The first-order chi connectivity index (χ1) is 16.0. The standard InChI is InChI=1S/C23H33N3O6S/c1-3-5-8-13-31-19-10-7-6-9-17(19)21(28)25-23(33)26-12-11-24-22(29)18(26)16-20(27)32-15-14-30-4-2/h6-7,9-10,18H,3-5,8,11-16H2,1-2H3,(H,24,29)(H,25,28,33). The normalized spacial score (nSPS) is 15.5. The quantitative estimate of drug-likeness (QED) is 0.267. The largest absolute Gasteiger partial charge is 0.493 e. The molecule has 2 rings (SSSR count). The van der Waals surface area contributed by atoms with Crippen molar-refractivity contribution >= 4 is 35.1 Å². The molecular weight excluding hydrogens is 446 g/mol. The molecule has 1 aromatic carbocycles. The monoisotopic (exact) mass is 479 g/mol. The number of unbranched alkanes of at least 4 members (excludes halogenated alkanes) is 2. The Kier molecular flexibility index (Phi) is 11.6. The molecule has 1 aliphatic rings. The lowest BCUT2D eigenvalue weighted by molar-refractivity contribution is -0.148. The number of amides is 2. The van der Waals surface area contributed by atoms with E-state index in [0.29, 0.717) is 37.6 Å². The number of esters is 1. The highest BCUT2D eigenvalue weighted by Crippen LogP contribution is 2.19. The van der Waals surface area contributed by atoms with Crippen molar-refractivity contribution in [3.63, 3.8) is 0 Å². The summed E-state index contributed by atoms with van der Waals surface area (Å²) in [7, 11) is 0. The van der Waals surface area contributed by atoms with Gasteiger partial charge in [-0.3, -0.25) is 19.7 Å². The van der Waals surface area contributed by atoms with Crippen LogP contribution in [0.4, 0.5) is 0 Å². The van der Waals surface area contributed by atoms with Gasteiger partial charge >= 0.3 is 5.97 Å². The molecule has 182 valence electrons. The summed E-state index contributed by atoms with van der Waals surface area (Å²) in [6.45, 7) is 6.10. The molecule has 10 heteroatoms. The van der Waals surface area contributed by atoms with Crippen molar-refractivity contribution in [1.29, 1.82) is 0 Å². The molecule has 0 saturated carbocycles. The Bertz CT molecular complexity index is 819. The summed E-state index contributed by atoms with van der Waals surface area (Å²) >= 11 is 5.42. The summed E-state index contributed by atoms with van der Waals surface area (Å²) in [6, 6.07) is 6.06. The van der Waals surface area contributed by atoms with Gasteiger partial charge in [0.15, 0.2) is 5.11 Å². The zero-order valence-electron chi connectivity index (χ0n) is 19.3. The van der Waals surface area contributed by atoms with E-state index in [0.717, 1.165) is 19.3 Å². The van der Waals surface area contributed by atoms with Gasteiger partial charge in [-0.25, -0.2) is 0 Å². The van der Waals surface area contributed by atoms with Crippen molar-refractivity contribution < 1.29 is 28.6 Å². The fourth-order valence-electron chi connectivity index (χ4n) is 3.29. The van der Waals surface area contributed by atoms with Crippen LogP contribution in [0.15, 0.2) is 24.3 Å². The van der Waals surface area contributed by atoms with Crippen LogP contribution in [0, 0.1) is 0 Å². The van der Waals surface area contributed by atoms with E-state index in [-0.39, 0.29) is 30.7 Å². The van der Waals surface area contributed by atoms with Gasteiger partial charge in [-0.15, -0.1) is 0 Å². The molecule has 1 aromatic rings. The zero-order chi connectivity index (χ0) is 24.1. The SMILES string of the molecule is CCCCCOc1ccccc1C(=O)NC(=S)N1CCNC(=O)C1CC(=O)OCCOCC. The van der Waals surface area contributed by atoms with Crippen LogP contribution in [0.1, 0.15) is 49.9 Å². The third kappa shape index (κ3) is 8.62. The number of carbonyl (C=O) groups is 3. The predicted octanol–water partition coefficient (Wildman–Crippen LogP) is 2.04. The van der Waals surface area contributed by atoms with Crippen LogP contribution >= 0.6 is 12.2 Å². The highest BCUT2D eigenvalue weighted by molar-refractivity contribution is 7.80. The maximum Gasteiger partial charge on any atom is 0.308 e. The topological polar surface area (TPSA) is 106 Å². The zero-order valence-corrected chi connectivity index (χ0v) is 20.1. The molecule has 1 saturated heterocycles. The Labute approximate surface area is 200 Å². The van der Waals surface area contributed by atoms with Gasteiger partial charge in [-0.05, 0) is 37.7 Å². The van der Waals surface area contributed by atoms with Gasteiger partial charge in [0.2, 0.25) is 5.91 Å². The Hall–Kier alpha value is -2.72. The molecule has 1 atom stereocenters. The molecule has 2 N–H and O–H groups in total. The molecule has 1 fully saturated rings. The second-order valence-corrected chi connectivity index (χ2v) is 7.82. The summed E-state index contributed by atoms with van der Waals surface area (Å²) in [5.74, 6) is -0.851. The number of nitrogens with one attached hydrogen (secondary N) is 2. The smallest absolute Gasteiger partial charge is 0.308 e. The molecule has 0 aromatic heterocycles. The summed E-state index contributed by atoms with van der Waals surface area (Å²) in [6.07, 6.45) is 2.83. The molecule has 1 unspecified atom stereocenters. The highest BCUT2D eigenvalue weighted by atomic mass is 32.1. The minimum absolute atomic E-state index is 0.0720. The maximum atomic E-state index is 12.9. The summed E-state index contributed by atoms with van der Waals surface area (Å²) in [5.41, 5.74) is 0.352. The van der Waals surface area contributed by atoms with Crippen LogP contribution in [0.2, 0.25) is 0 Å². The number of para-hydroxylation sites is 1. The third-order valence-electron chi connectivity index (χ3n) is 5.00. The van der Waals surface area contributed by atoms with Crippen molar-refractivity contribution in [3.05, 3.63) is 29.8 Å². The first-order valence-electron chi connectivity index (χ1n) is 11.3. The van der Waals surface area contributed by atoms with E-state index in [2.05, 4.69) is 17.6 Å². The number of nitrogens with zero attached hydrogens (tertiary/aromatic N) is 1. The third-order valence-corrected chi connectivity index (χ3v) is 5.34. The molecule has 0 bridgehead atoms. The van der Waals surface area contributed by atoms with Gasteiger partial charge < -0.3 is 24.4 Å². The average molecular weight is 480 g/mol. The van der Waals surface area contributed by atoms with Crippen molar-refractivity contribution in [2.24, 2.45) is 0 Å². The lowest BCUT2D eigenvalue weighted by Crippen LogP contribution is -2.60. The number of hydrogen-bond donors (Lipinski definition) is 2. The second kappa shape index (κ2) is 14.4. The van der Waals surface area contributed by atoms with Crippen LogP contribution in [-0.2, 0) is 19.1 Å². The van der Waals surface area contributed by atoms with Gasteiger partial charge in [0, 0.05) is 19.7 Å². The van der Waals surface area contributed by atoms with Crippen molar-refractivity contribution in [3.8, 4) is 5.75 Å². The Morgan fingerprint density at radius 1 is 1.18 bits per heavy atom. The summed E-state index contributed by atoms with van der Waals surface area (Å²) in [4.78, 5) is 39.1. The molecule has 0 aliphatic carbocycles. The van der Waals surface area contributed by atoms with E-state index in [4.69, 9.17) is 26.4 Å². The fourth-order valence-corrected chi connectivity index (χ4v) is 3.60. The lowest BCUT2D eigenvalue weighted by atomic mass is 10.1. The number of piperazine rings is 1. The molecule has 9 nitrogen and oxygen atoms in total. The van der Waals surface area contributed by atoms with Crippen LogP contribution in [-0.4, -0.2) is 73.4 Å². The minimum Gasteiger partial charge on any atom is -0.493 e. The number of rotatable bonds is 12. The number of carbonyl (C=O) groups excluding carboxylic acids is 3. The molecular formula is C23H33N3O6S. The van der Waals surface area contributed by atoms with Gasteiger partial charge in [0.25, 0.3) is 5.91 Å². The first-order valence-corrected chi connectivity index (χ1v) is 11.7. The molecule has 1 aliphatic heterocycles. The van der Waals surface area contributed by atoms with Crippen molar-refractivity contribution in [2.45, 2.75) is 45.6 Å². The van der Waals surface area contributed by atoms with Crippen LogP contribution < -0.4 is 15.4 Å². The van der Waals surface area contributed by atoms with Crippen LogP contribution in [0.5, 0.6) is 5.75 Å². The lowest BCUT2D eigenvalue weighted by Gasteiger charge is -2.36. The van der Waals surface area contributed by atoms with E-state index in [9.17, 15) is 14.4 Å². The number of ether oxygens (including phenoxy) is 3. The molecule has 0 radical (unpaired) electrons. The van der Waals surface area contributed by atoms with Gasteiger partial charge in [0.05, 0.1) is 25.2 Å². The van der Waals surface area contributed by atoms with E-state index in [1.807, 2.05) is 6.92 Å². The summed E-state index contributed by atoms with van der Waals surface area (Å²) in [5, 5.41) is 5.47. The number of benzene rings is 1. The first kappa shape index (κ1) is 26.5. The Balaban J connectivity index is 1.99. The fraction of sp³-hybridized carbons (Fsp3) is 0.565. The molecule has 0 spiro atoms. The number of thiocarbonyl (C=S) groups is 1. The van der Waals surface area contributed by atoms with E-state index in [1.54, 1.807) is 29.2 Å². The Morgan fingerprint density at radius 3 is 2.73 bits per heavy atom. The maximum absolute atomic E-state index is 12.9.